The number of alkyl halides is 3. The van der Waals surface area contributed by atoms with Gasteiger partial charge >= 0.3 is 6.18 Å². The molecule has 1 heterocycles. The SMILES string of the molecule is Cc1ncc(N)cc1-c1cccc(C(F)(F)F)c1. The predicted molar refractivity (Wildman–Crippen MR) is 63.8 cm³/mol. The van der Waals surface area contributed by atoms with Gasteiger partial charge in [0.15, 0.2) is 0 Å². The van der Waals surface area contributed by atoms with Crippen LogP contribution in [-0.4, -0.2) is 4.98 Å². The number of rotatable bonds is 1. The molecular weight excluding hydrogens is 241 g/mol. The maximum atomic E-state index is 12.6. The molecule has 0 spiro atoms. The molecule has 18 heavy (non-hydrogen) atoms. The Bertz CT molecular complexity index is 577. The summed E-state index contributed by atoms with van der Waals surface area (Å²) in [6.07, 6.45) is -2.87. The molecule has 0 aliphatic rings. The molecule has 2 rings (SSSR count). The van der Waals surface area contributed by atoms with Crippen LogP contribution in [-0.2, 0) is 6.18 Å². The molecule has 1 aromatic carbocycles. The summed E-state index contributed by atoms with van der Waals surface area (Å²) >= 11 is 0. The van der Waals surface area contributed by atoms with E-state index in [0.29, 0.717) is 22.5 Å². The molecule has 2 nitrogen and oxygen atoms in total. The molecule has 2 N–H and O–H groups in total. The lowest BCUT2D eigenvalue weighted by Gasteiger charge is -2.10. The van der Waals surface area contributed by atoms with Gasteiger partial charge in [-0.1, -0.05) is 12.1 Å². The molecule has 0 aliphatic carbocycles. The van der Waals surface area contributed by atoms with E-state index in [2.05, 4.69) is 4.98 Å². The van der Waals surface area contributed by atoms with E-state index in [1.165, 1.54) is 12.3 Å². The third-order valence-corrected chi connectivity index (χ3v) is 2.61. The molecule has 5 heteroatoms. The number of hydrogen-bond acceptors (Lipinski definition) is 2. The zero-order valence-corrected chi connectivity index (χ0v) is 9.62. The molecular formula is C13H11F3N2. The Morgan fingerprint density at radius 3 is 2.56 bits per heavy atom. The zero-order valence-electron chi connectivity index (χ0n) is 9.62. The molecule has 0 unspecified atom stereocenters. The number of pyridine rings is 1. The first-order chi connectivity index (χ1) is 8.38. The van der Waals surface area contributed by atoms with Crippen LogP contribution in [0.5, 0.6) is 0 Å². The minimum absolute atomic E-state index is 0.424. The molecule has 94 valence electrons. The third kappa shape index (κ3) is 2.45. The Labute approximate surface area is 102 Å². The van der Waals surface area contributed by atoms with E-state index >= 15 is 0 Å². The summed E-state index contributed by atoms with van der Waals surface area (Å²) in [6, 6.07) is 6.75. The fourth-order valence-electron chi connectivity index (χ4n) is 1.70. The summed E-state index contributed by atoms with van der Waals surface area (Å²) in [4.78, 5) is 4.04. The second kappa shape index (κ2) is 4.33. The van der Waals surface area contributed by atoms with E-state index < -0.39 is 11.7 Å². The van der Waals surface area contributed by atoms with Gasteiger partial charge in [-0.2, -0.15) is 13.2 Å². The monoisotopic (exact) mass is 252 g/mol. The van der Waals surface area contributed by atoms with E-state index in [4.69, 9.17) is 5.73 Å². The average Bonchev–Trinajstić information content (AvgIpc) is 2.31. The Hall–Kier alpha value is -2.04. The van der Waals surface area contributed by atoms with Gasteiger partial charge in [-0.15, -0.1) is 0 Å². The van der Waals surface area contributed by atoms with Crippen molar-refractivity contribution >= 4 is 5.69 Å². The lowest BCUT2D eigenvalue weighted by atomic mass is 10.0. The number of hydrogen-bond donors (Lipinski definition) is 1. The molecule has 0 amide bonds. The smallest absolute Gasteiger partial charge is 0.397 e. The first kappa shape index (κ1) is 12.4. The van der Waals surface area contributed by atoms with Crippen LogP contribution in [0.4, 0.5) is 18.9 Å². The van der Waals surface area contributed by atoms with Crippen LogP contribution in [0.25, 0.3) is 11.1 Å². The van der Waals surface area contributed by atoms with E-state index in [9.17, 15) is 13.2 Å². The van der Waals surface area contributed by atoms with Gasteiger partial charge in [-0.25, -0.2) is 0 Å². The molecule has 0 saturated heterocycles. The highest BCUT2D eigenvalue weighted by atomic mass is 19.4. The standard InChI is InChI=1S/C13H11F3N2/c1-8-12(6-11(17)7-18-8)9-3-2-4-10(5-9)13(14,15)16/h2-7H,17H2,1H3. The topological polar surface area (TPSA) is 38.9 Å². The Morgan fingerprint density at radius 1 is 1.17 bits per heavy atom. The summed E-state index contributed by atoms with van der Waals surface area (Å²) in [5.74, 6) is 0. The van der Waals surface area contributed by atoms with Crippen molar-refractivity contribution in [3.8, 4) is 11.1 Å². The number of halogens is 3. The van der Waals surface area contributed by atoms with E-state index in [-0.39, 0.29) is 0 Å². The summed E-state index contributed by atoms with van der Waals surface area (Å²) in [5, 5.41) is 0. The summed E-state index contributed by atoms with van der Waals surface area (Å²) in [7, 11) is 0. The lowest BCUT2D eigenvalue weighted by molar-refractivity contribution is -0.137. The Morgan fingerprint density at radius 2 is 1.89 bits per heavy atom. The first-order valence-electron chi connectivity index (χ1n) is 5.27. The van der Waals surface area contributed by atoms with Crippen LogP contribution in [0, 0.1) is 6.92 Å². The van der Waals surface area contributed by atoms with Crippen LogP contribution in [0.15, 0.2) is 36.5 Å². The fraction of sp³-hybridized carbons (Fsp3) is 0.154. The minimum atomic E-state index is -4.35. The molecule has 1 aromatic heterocycles. The molecule has 0 fully saturated rings. The number of nitrogens with zero attached hydrogens (tertiary/aromatic N) is 1. The first-order valence-corrected chi connectivity index (χ1v) is 5.27. The molecule has 0 radical (unpaired) electrons. The fourth-order valence-corrected chi connectivity index (χ4v) is 1.70. The van der Waals surface area contributed by atoms with Crippen molar-refractivity contribution < 1.29 is 13.2 Å². The van der Waals surface area contributed by atoms with Crippen LogP contribution in [0.1, 0.15) is 11.3 Å². The highest BCUT2D eigenvalue weighted by Crippen LogP contribution is 2.33. The largest absolute Gasteiger partial charge is 0.416 e. The number of aryl methyl sites for hydroxylation is 1. The van der Waals surface area contributed by atoms with Gasteiger partial charge in [0.2, 0.25) is 0 Å². The molecule has 2 aromatic rings. The third-order valence-electron chi connectivity index (χ3n) is 2.61. The summed E-state index contributed by atoms with van der Waals surface area (Å²) < 4.78 is 37.9. The van der Waals surface area contributed by atoms with E-state index in [0.717, 1.165) is 12.1 Å². The van der Waals surface area contributed by atoms with Gasteiger partial charge in [0.05, 0.1) is 17.4 Å². The quantitative estimate of drug-likeness (QED) is 0.841. The van der Waals surface area contributed by atoms with Crippen molar-refractivity contribution in [2.45, 2.75) is 13.1 Å². The lowest BCUT2D eigenvalue weighted by Crippen LogP contribution is -2.04. The van der Waals surface area contributed by atoms with Crippen molar-refractivity contribution in [1.29, 1.82) is 0 Å². The van der Waals surface area contributed by atoms with Gasteiger partial charge in [0.1, 0.15) is 0 Å². The second-order valence-electron chi connectivity index (χ2n) is 3.98. The highest BCUT2D eigenvalue weighted by Gasteiger charge is 2.30. The molecule has 0 saturated carbocycles. The van der Waals surface area contributed by atoms with Crippen LogP contribution in [0.2, 0.25) is 0 Å². The number of anilines is 1. The zero-order chi connectivity index (χ0) is 13.3. The molecule has 0 aliphatic heterocycles. The summed E-state index contributed by atoms with van der Waals surface area (Å²) in [5.41, 5.74) is 7.06. The van der Waals surface area contributed by atoms with Crippen molar-refractivity contribution in [3.63, 3.8) is 0 Å². The van der Waals surface area contributed by atoms with Gasteiger partial charge in [-0.3, -0.25) is 4.98 Å². The van der Waals surface area contributed by atoms with Crippen molar-refractivity contribution in [2.75, 3.05) is 5.73 Å². The highest BCUT2D eigenvalue weighted by molar-refractivity contribution is 5.69. The van der Waals surface area contributed by atoms with Gasteiger partial charge < -0.3 is 5.73 Å². The maximum Gasteiger partial charge on any atom is 0.416 e. The normalized spacial score (nSPS) is 11.6. The van der Waals surface area contributed by atoms with E-state index in [1.807, 2.05) is 0 Å². The maximum absolute atomic E-state index is 12.6. The number of benzene rings is 1. The van der Waals surface area contributed by atoms with Crippen molar-refractivity contribution in [2.24, 2.45) is 0 Å². The molecule has 0 atom stereocenters. The van der Waals surface area contributed by atoms with Crippen LogP contribution >= 0.6 is 0 Å². The van der Waals surface area contributed by atoms with Gasteiger partial charge in [0, 0.05) is 11.3 Å². The Balaban J connectivity index is 2.55. The average molecular weight is 252 g/mol. The number of aromatic nitrogens is 1. The van der Waals surface area contributed by atoms with Gasteiger partial charge in [0.25, 0.3) is 0 Å². The second-order valence-corrected chi connectivity index (χ2v) is 3.98. The van der Waals surface area contributed by atoms with Crippen molar-refractivity contribution in [1.82, 2.24) is 4.98 Å². The Kier molecular flexibility index (Phi) is 2.98. The number of nitrogens with two attached hydrogens (primary N) is 1. The van der Waals surface area contributed by atoms with E-state index in [1.54, 1.807) is 19.1 Å². The van der Waals surface area contributed by atoms with Crippen LogP contribution in [0.3, 0.4) is 0 Å². The summed E-state index contributed by atoms with van der Waals surface area (Å²) in [6.45, 7) is 1.73. The predicted octanol–water partition coefficient (Wildman–Crippen LogP) is 3.66. The molecule has 0 bridgehead atoms. The number of nitrogen functional groups attached to an aromatic ring is 1. The van der Waals surface area contributed by atoms with Crippen LogP contribution < -0.4 is 5.73 Å². The minimum Gasteiger partial charge on any atom is -0.397 e. The van der Waals surface area contributed by atoms with Gasteiger partial charge in [-0.05, 0) is 30.7 Å². The van der Waals surface area contributed by atoms with Crippen molar-refractivity contribution in [3.05, 3.63) is 47.8 Å².